The molecular formula is C17H21N5O2. The summed E-state index contributed by atoms with van der Waals surface area (Å²) >= 11 is 0. The minimum Gasteiger partial charge on any atom is -0.384 e. The van der Waals surface area contributed by atoms with E-state index in [1.165, 1.54) is 0 Å². The summed E-state index contributed by atoms with van der Waals surface area (Å²) in [5.74, 6) is 0.901. The molecule has 126 valence electrons. The van der Waals surface area contributed by atoms with Gasteiger partial charge in [-0.25, -0.2) is 4.98 Å². The van der Waals surface area contributed by atoms with Gasteiger partial charge in [0.1, 0.15) is 5.69 Å². The third-order valence-corrected chi connectivity index (χ3v) is 4.23. The molecule has 1 unspecified atom stereocenters. The van der Waals surface area contributed by atoms with Crippen LogP contribution in [0.2, 0.25) is 0 Å². The maximum Gasteiger partial charge on any atom is 0.276 e. The van der Waals surface area contributed by atoms with Gasteiger partial charge in [0.15, 0.2) is 11.9 Å². The lowest BCUT2D eigenvalue weighted by molar-refractivity contribution is 0.0767. The summed E-state index contributed by atoms with van der Waals surface area (Å²) in [6.45, 7) is 4.17. The molecule has 3 heterocycles. The van der Waals surface area contributed by atoms with Gasteiger partial charge in [-0.05, 0) is 18.1 Å². The molecule has 7 nitrogen and oxygen atoms in total. The molecule has 2 aromatic rings. The highest BCUT2D eigenvalue weighted by molar-refractivity contribution is 6.04. The number of carbonyl (C=O) groups excluding carboxylic acids is 1. The molecule has 0 saturated carbocycles. The Morgan fingerprint density at radius 2 is 2.21 bits per heavy atom. The summed E-state index contributed by atoms with van der Waals surface area (Å²) in [6, 6.07) is 3.63. The number of aromatic nitrogens is 3. The van der Waals surface area contributed by atoms with Crippen LogP contribution in [-0.2, 0) is 11.9 Å². The minimum absolute atomic E-state index is 0.146. The molecule has 0 aromatic carbocycles. The normalized spacial score (nSPS) is 16.9. The first-order valence-electron chi connectivity index (χ1n) is 7.91. The molecule has 0 N–H and O–H groups in total. The number of amides is 1. The lowest BCUT2D eigenvalue weighted by Gasteiger charge is -2.17. The summed E-state index contributed by atoms with van der Waals surface area (Å²) < 4.78 is 1.78. The van der Waals surface area contributed by atoms with E-state index in [4.69, 9.17) is 4.84 Å². The van der Waals surface area contributed by atoms with Crippen molar-refractivity contribution in [2.75, 3.05) is 11.9 Å². The van der Waals surface area contributed by atoms with Crippen LogP contribution in [0, 0.1) is 5.92 Å². The van der Waals surface area contributed by atoms with Gasteiger partial charge in [-0.1, -0.05) is 19.0 Å². The van der Waals surface area contributed by atoms with Crippen LogP contribution in [0.5, 0.6) is 0 Å². The molecule has 1 amide bonds. The molecule has 1 aliphatic rings. The SMILES string of the molecule is CC(C)C1=NOC(c2ncc(C(=O)N(C)c3cccnc3)n2C)C1. The van der Waals surface area contributed by atoms with E-state index < -0.39 is 0 Å². The summed E-state index contributed by atoms with van der Waals surface area (Å²) in [7, 11) is 3.54. The van der Waals surface area contributed by atoms with Gasteiger partial charge in [0, 0.05) is 26.7 Å². The van der Waals surface area contributed by atoms with Crippen LogP contribution in [0.1, 0.15) is 42.7 Å². The maximum absolute atomic E-state index is 12.7. The van der Waals surface area contributed by atoms with E-state index >= 15 is 0 Å². The summed E-state index contributed by atoms with van der Waals surface area (Å²) in [4.78, 5) is 28.2. The van der Waals surface area contributed by atoms with Crippen LogP contribution in [0.25, 0.3) is 0 Å². The van der Waals surface area contributed by atoms with E-state index in [-0.39, 0.29) is 12.0 Å². The van der Waals surface area contributed by atoms with Crippen molar-refractivity contribution in [3.05, 3.63) is 42.2 Å². The molecule has 0 spiro atoms. The van der Waals surface area contributed by atoms with Crippen molar-refractivity contribution < 1.29 is 9.63 Å². The van der Waals surface area contributed by atoms with Gasteiger partial charge in [-0.2, -0.15) is 0 Å². The maximum atomic E-state index is 12.7. The van der Waals surface area contributed by atoms with E-state index in [1.54, 1.807) is 41.2 Å². The molecule has 24 heavy (non-hydrogen) atoms. The summed E-state index contributed by atoms with van der Waals surface area (Å²) in [6.07, 6.45) is 5.37. The molecule has 0 bridgehead atoms. The quantitative estimate of drug-likeness (QED) is 0.865. The number of pyridine rings is 1. The number of oxime groups is 1. The second-order valence-electron chi connectivity index (χ2n) is 6.17. The topological polar surface area (TPSA) is 72.6 Å². The first-order chi connectivity index (χ1) is 11.5. The third-order valence-electron chi connectivity index (χ3n) is 4.23. The Labute approximate surface area is 141 Å². The van der Waals surface area contributed by atoms with E-state index in [0.717, 1.165) is 11.4 Å². The van der Waals surface area contributed by atoms with Gasteiger partial charge >= 0.3 is 0 Å². The number of imidazole rings is 1. The molecule has 0 fully saturated rings. The van der Waals surface area contributed by atoms with Crippen LogP contribution < -0.4 is 4.90 Å². The zero-order valence-corrected chi connectivity index (χ0v) is 14.3. The Morgan fingerprint density at radius 3 is 2.83 bits per heavy atom. The third kappa shape index (κ3) is 2.89. The van der Waals surface area contributed by atoms with Crippen molar-refractivity contribution in [3.63, 3.8) is 0 Å². The van der Waals surface area contributed by atoms with Gasteiger partial charge in [-0.15, -0.1) is 0 Å². The molecule has 7 heteroatoms. The molecule has 2 aromatic heterocycles. The second kappa shape index (κ2) is 6.43. The van der Waals surface area contributed by atoms with Crippen LogP contribution >= 0.6 is 0 Å². The molecule has 1 aliphatic heterocycles. The molecule has 0 radical (unpaired) electrons. The van der Waals surface area contributed by atoms with E-state index in [9.17, 15) is 4.79 Å². The Bertz CT molecular complexity index is 767. The first kappa shape index (κ1) is 16.2. The van der Waals surface area contributed by atoms with Crippen LogP contribution in [0.4, 0.5) is 5.69 Å². The largest absolute Gasteiger partial charge is 0.384 e. The number of rotatable bonds is 4. The molecule has 3 rings (SSSR count). The monoisotopic (exact) mass is 327 g/mol. The smallest absolute Gasteiger partial charge is 0.276 e. The predicted molar refractivity (Wildman–Crippen MR) is 90.9 cm³/mol. The Kier molecular flexibility index (Phi) is 4.33. The number of hydrogen-bond acceptors (Lipinski definition) is 5. The molecule has 1 atom stereocenters. The Morgan fingerprint density at radius 1 is 1.42 bits per heavy atom. The van der Waals surface area contributed by atoms with Crippen molar-refractivity contribution in [2.45, 2.75) is 26.4 Å². The molecule has 0 saturated heterocycles. The number of hydrogen-bond donors (Lipinski definition) is 0. The number of nitrogens with zero attached hydrogens (tertiary/aromatic N) is 5. The van der Waals surface area contributed by atoms with Gasteiger partial charge in [0.05, 0.1) is 23.8 Å². The van der Waals surface area contributed by atoms with Gasteiger partial charge in [-0.3, -0.25) is 9.78 Å². The van der Waals surface area contributed by atoms with Crippen LogP contribution in [0.3, 0.4) is 0 Å². The average molecular weight is 327 g/mol. The highest BCUT2D eigenvalue weighted by Crippen LogP contribution is 2.29. The standard InChI is InChI=1S/C17H21N5O2/c1-11(2)13-8-15(24-20-13)16-19-10-14(22(16)4)17(23)21(3)12-6-5-7-18-9-12/h5-7,9-11,15H,8H2,1-4H3. The van der Waals surface area contributed by atoms with Gasteiger partial charge < -0.3 is 14.3 Å². The fraction of sp³-hybridized carbons (Fsp3) is 0.412. The van der Waals surface area contributed by atoms with Crippen molar-refractivity contribution in [3.8, 4) is 0 Å². The minimum atomic E-state index is -0.238. The lowest BCUT2D eigenvalue weighted by Crippen LogP contribution is -2.28. The van der Waals surface area contributed by atoms with Crippen molar-refractivity contribution >= 4 is 17.3 Å². The zero-order chi connectivity index (χ0) is 17.3. The Hall–Kier alpha value is -2.70. The summed E-state index contributed by atoms with van der Waals surface area (Å²) in [5.41, 5.74) is 2.24. The van der Waals surface area contributed by atoms with E-state index in [1.807, 2.05) is 13.1 Å². The van der Waals surface area contributed by atoms with Crippen LogP contribution in [0.15, 0.2) is 35.9 Å². The predicted octanol–water partition coefficient (Wildman–Crippen LogP) is 2.57. The fourth-order valence-electron chi connectivity index (χ4n) is 2.64. The lowest BCUT2D eigenvalue weighted by atomic mass is 10.0. The average Bonchev–Trinajstić information content (AvgIpc) is 3.21. The zero-order valence-electron chi connectivity index (χ0n) is 14.3. The molecular weight excluding hydrogens is 306 g/mol. The highest BCUT2D eigenvalue weighted by Gasteiger charge is 2.30. The summed E-state index contributed by atoms with van der Waals surface area (Å²) in [5, 5.41) is 4.13. The van der Waals surface area contributed by atoms with Gasteiger partial charge in [0.25, 0.3) is 5.91 Å². The number of carbonyl (C=O) groups is 1. The van der Waals surface area contributed by atoms with Gasteiger partial charge in [0.2, 0.25) is 0 Å². The fourth-order valence-corrected chi connectivity index (χ4v) is 2.64. The highest BCUT2D eigenvalue weighted by atomic mass is 16.6. The van der Waals surface area contributed by atoms with E-state index in [0.29, 0.717) is 23.9 Å². The van der Waals surface area contributed by atoms with E-state index in [2.05, 4.69) is 29.0 Å². The van der Waals surface area contributed by atoms with Crippen molar-refractivity contribution in [1.29, 1.82) is 0 Å². The van der Waals surface area contributed by atoms with Crippen LogP contribution in [-0.4, -0.2) is 33.2 Å². The Balaban J connectivity index is 1.79. The number of anilines is 1. The van der Waals surface area contributed by atoms with Crippen molar-refractivity contribution in [2.24, 2.45) is 18.1 Å². The second-order valence-corrected chi connectivity index (χ2v) is 6.17. The van der Waals surface area contributed by atoms with Crippen molar-refractivity contribution in [1.82, 2.24) is 14.5 Å². The molecule has 0 aliphatic carbocycles. The first-order valence-corrected chi connectivity index (χ1v) is 7.91.